The monoisotopic (exact) mass is 432 g/mol. The number of nitrogens with one attached hydrogen (secondary N) is 1. The average Bonchev–Trinajstić information content (AvgIpc) is 3.20. The van der Waals surface area contributed by atoms with Gasteiger partial charge in [-0.1, -0.05) is 6.92 Å². The lowest BCUT2D eigenvalue weighted by molar-refractivity contribution is 0.0942. The molecule has 4 aromatic heterocycles. The molecule has 9 heteroatoms. The topological polar surface area (TPSA) is 104 Å². The van der Waals surface area contributed by atoms with Gasteiger partial charge in [0.2, 0.25) is 0 Å². The lowest BCUT2D eigenvalue weighted by Crippen LogP contribution is -2.37. The van der Waals surface area contributed by atoms with E-state index in [4.69, 9.17) is 0 Å². The first kappa shape index (κ1) is 21.2. The molecular formula is C23H24N6O3. The van der Waals surface area contributed by atoms with Crippen molar-refractivity contribution >= 4 is 16.9 Å². The van der Waals surface area contributed by atoms with E-state index in [2.05, 4.69) is 15.3 Å². The van der Waals surface area contributed by atoms with Gasteiger partial charge in [-0.05, 0) is 42.3 Å². The third-order valence-electron chi connectivity index (χ3n) is 5.41. The van der Waals surface area contributed by atoms with E-state index in [1.807, 2.05) is 31.2 Å². The van der Waals surface area contributed by atoms with Crippen LogP contribution in [0.15, 0.2) is 58.5 Å². The third-order valence-corrected chi connectivity index (χ3v) is 5.41. The van der Waals surface area contributed by atoms with E-state index in [1.54, 1.807) is 36.3 Å². The van der Waals surface area contributed by atoms with Gasteiger partial charge in [-0.2, -0.15) is 0 Å². The molecule has 4 heterocycles. The maximum atomic E-state index is 13.1. The smallest absolute Gasteiger partial charge is 0.332 e. The highest BCUT2D eigenvalue weighted by molar-refractivity contribution is 5.97. The molecule has 0 aliphatic rings. The molecule has 0 unspecified atom stereocenters. The molecule has 0 spiro atoms. The summed E-state index contributed by atoms with van der Waals surface area (Å²) in [4.78, 5) is 46.6. The molecule has 4 rings (SSSR count). The van der Waals surface area contributed by atoms with Crippen LogP contribution < -0.4 is 16.6 Å². The number of carbonyl (C=O) groups excluding carboxylic acids is 1. The largest absolute Gasteiger partial charge is 0.347 e. The first-order valence-corrected chi connectivity index (χ1v) is 10.3. The molecule has 0 bridgehead atoms. The lowest BCUT2D eigenvalue weighted by Gasteiger charge is -2.12. The Balaban J connectivity index is 1.66. The number of hydrogen-bond donors (Lipinski definition) is 1. The highest BCUT2D eigenvalue weighted by Gasteiger charge is 2.20. The lowest BCUT2D eigenvalue weighted by atomic mass is 10.1. The van der Waals surface area contributed by atoms with Crippen LogP contribution in [0, 0.1) is 0 Å². The maximum absolute atomic E-state index is 13.1. The van der Waals surface area contributed by atoms with Crippen molar-refractivity contribution in [1.82, 2.24) is 29.0 Å². The highest BCUT2D eigenvalue weighted by Crippen LogP contribution is 2.18. The summed E-state index contributed by atoms with van der Waals surface area (Å²) in [7, 11) is 3.04. The summed E-state index contributed by atoms with van der Waals surface area (Å²) in [6, 6.07) is 9.07. The number of aryl methyl sites for hydroxylation is 2. The first-order chi connectivity index (χ1) is 15.4. The number of hydrogen-bond acceptors (Lipinski definition) is 5. The van der Waals surface area contributed by atoms with Gasteiger partial charge in [0.25, 0.3) is 11.5 Å². The van der Waals surface area contributed by atoms with Crippen LogP contribution in [0.3, 0.4) is 0 Å². The second-order valence-corrected chi connectivity index (χ2v) is 7.60. The van der Waals surface area contributed by atoms with Crippen LogP contribution in [0.25, 0.3) is 22.3 Å². The van der Waals surface area contributed by atoms with E-state index < -0.39 is 11.2 Å². The Kier molecular flexibility index (Phi) is 5.72. The van der Waals surface area contributed by atoms with Crippen molar-refractivity contribution in [1.29, 1.82) is 0 Å². The highest BCUT2D eigenvalue weighted by atomic mass is 16.2. The van der Waals surface area contributed by atoms with Gasteiger partial charge in [0.15, 0.2) is 0 Å². The van der Waals surface area contributed by atoms with Crippen molar-refractivity contribution in [2.24, 2.45) is 14.1 Å². The van der Waals surface area contributed by atoms with Gasteiger partial charge in [-0.15, -0.1) is 0 Å². The zero-order valence-corrected chi connectivity index (χ0v) is 18.2. The molecule has 0 atom stereocenters. The summed E-state index contributed by atoms with van der Waals surface area (Å²) in [6.45, 7) is 2.77. The molecule has 0 aliphatic heterocycles. The predicted octanol–water partition coefficient (Wildman–Crippen LogP) is 1.84. The third kappa shape index (κ3) is 3.73. The number of amides is 1. The minimum Gasteiger partial charge on any atom is -0.347 e. The summed E-state index contributed by atoms with van der Waals surface area (Å²) in [5.41, 5.74) is 2.50. The van der Waals surface area contributed by atoms with Crippen LogP contribution >= 0.6 is 0 Å². The Labute approximate surface area is 184 Å². The summed E-state index contributed by atoms with van der Waals surface area (Å²) in [5.74, 6) is -0.316. The number of rotatable bonds is 6. The molecule has 9 nitrogen and oxygen atoms in total. The number of aromatic nitrogens is 5. The fourth-order valence-electron chi connectivity index (χ4n) is 3.81. The van der Waals surface area contributed by atoms with Gasteiger partial charge >= 0.3 is 5.69 Å². The SMILES string of the molecule is CCCn1c(C(=O)NCc2ccnc(-c3cccnc3)c2)cc2c(=O)n(C)c(=O)n(C)c21. The van der Waals surface area contributed by atoms with Crippen LogP contribution in [0.5, 0.6) is 0 Å². The van der Waals surface area contributed by atoms with E-state index in [0.29, 0.717) is 29.8 Å². The summed E-state index contributed by atoms with van der Waals surface area (Å²) in [6.07, 6.45) is 5.87. The van der Waals surface area contributed by atoms with E-state index in [1.165, 1.54) is 11.6 Å². The Bertz CT molecular complexity index is 1420. The zero-order chi connectivity index (χ0) is 22.8. The second-order valence-electron chi connectivity index (χ2n) is 7.60. The van der Waals surface area contributed by atoms with Crippen molar-refractivity contribution < 1.29 is 4.79 Å². The second kappa shape index (κ2) is 8.62. The van der Waals surface area contributed by atoms with E-state index in [9.17, 15) is 14.4 Å². The van der Waals surface area contributed by atoms with Crippen molar-refractivity contribution in [2.45, 2.75) is 26.4 Å². The number of nitrogens with zero attached hydrogens (tertiary/aromatic N) is 5. The fraction of sp³-hybridized carbons (Fsp3) is 0.261. The molecule has 1 N–H and O–H groups in total. The Hall–Kier alpha value is -4.01. The van der Waals surface area contributed by atoms with Crippen molar-refractivity contribution in [3.05, 3.63) is 81.0 Å². The molecule has 164 valence electrons. The Morgan fingerprint density at radius 2 is 1.91 bits per heavy atom. The molecule has 1 amide bonds. The fourth-order valence-corrected chi connectivity index (χ4v) is 3.81. The standard InChI is InChI=1S/C23H24N6O3/c1-4-10-29-19(12-17-21(29)27(2)23(32)28(3)22(17)31)20(30)26-13-15-7-9-25-18(11-15)16-6-5-8-24-14-16/h5-9,11-12,14H,4,10,13H2,1-3H3,(H,26,30). The molecule has 0 radical (unpaired) electrons. The minimum absolute atomic E-state index is 0.291. The average molecular weight is 432 g/mol. The van der Waals surface area contributed by atoms with Crippen molar-refractivity contribution in [3.8, 4) is 11.3 Å². The van der Waals surface area contributed by atoms with Crippen molar-refractivity contribution in [3.63, 3.8) is 0 Å². The van der Waals surface area contributed by atoms with Crippen LogP contribution in [-0.2, 0) is 27.2 Å². The number of pyridine rings is 2. The number of fused-ring (bicyclic) bond motifs is 1. The number of carbonyl (C=O) groups is 1. The van der Waals surface area contributed by atoms with Crippen LogP contribution in [-0.4, -0.2) is 29.6 Å². The maximum Gasteiger partial charge on any atom is 0.332 e. The van der Waals surface area contributed by atoms with E-state index >= 15 is 0 Å². The Morgan fingerprint density at radius 1 is 1.09 bits per heavy atom. The van der Waals surface area contributed by atoms with Gasteiger partial charge in [0.05, 0.1) is 11.1 Å². The van der Waals surface area contributed by atoms with Crippen LogP contribution in [0.1, 0.15) is 29.4 Å². The zero-order valence-electron chi connectivity index (χ0n) is 18.2. The first-order valence-electron chi connectivity index (χ1n) is 10.3. The molecule has 0 saturated heterocycles. The van der Waals surface area contributed by atoms with Crippen LogP contribution in [0.4, 0.5) is 0 Å². The predicted molar refractivity (Wildman–Crippen MR) is 121 cm³/mol. The van der Waals surface area contributed by atoms with Crippen molar-refractivity contribution in [2.75, 3.05) is 0 Å². The normalized spacial score (nSPS) is 11.1. The minimum atomic E-state index is -0.426. The van der Waals surface area contributed by atoms with E-state index in [0.717, 1.165) is 27.8 Å². The molecule has 4 aromatic rings. The molecule has 0 aliphatic carbocycles. The van der Waals surface area contributed by atoms with Gasteiger partial charge < -0.3 is 9.88 Å². The Morgan fingerprint density at radius 3 is 2.62 bits per heavy atom. The van der Waals surface area contributed by atoms with Gasteiger partial charge in [0, 0.05) is 51.3 Å². The quantitative estimate of drug-likeness (QED) is 0.501. The molecule has 0 fully saturated rings. The summed E-state index contributed by atoms with van der Waals surface area (Å²) in [5, 5.41) is 3.27. The molecular weight excluding hydrogens is 408 g/mol. The van der Waals surface area contributed by atoms with Gasteiger partial charge in [0.1, 0.15) is 11.3 Å². The molecule has 0 saturated carbocycles. The summed E-state index contributed by atoms with van der Waals surface area (Å²) < 4.78 is 4.20. The summed E-state index contributed by atoms with van der Waals surface area (Å²) >= 11 is 0. The van der Waals surface area contributed by atoms with Crippen LogP contribution in [0.2, 0.25) is 0 Å². The molecule has 32 heavy (non-hydrogen) atoms. The molecule has 0 aromatic carbocycles. The van der Waals surface area contributed by atoms with E-state index in [-0.39, 0.29) is 5.91 Å². The van der Waals surface area contributed by atoms with Gasteiger partial charge in [-0.3, -0.25) is 28.7 Å². The van der Waals surface area contributed by atoms with Gasteiger partial charge in [-0.25, -0.2) is 4.79 Å².